The minimum Gasteiger partial charge on any atom is -0.356 e. The molecule has 0 spiro atoms. The Morgan fingerprint density at radius 3 is 3.09 bits per heavy atom. The van der Waals surface area contributed by atoms with Crippen LogP contribution in [-0.4, -0.2) is 34.9 Å². The molecule has 11 heavy (non-hydrogen) atoms. The van der Waals surface area contributed by atoms with Crippen LogP contribution >= 0.6 is 0 Å². The van der Waals surface area contributed by atoms with Crippen molar-refractivity contribution in [2.24, 2.45) is 0 Å². The standard InChI is InChI=1S/C6H8N4O/c1-9-2-3-10-6(9)5(4-11)7-8-10/h4H,2-3H2,1H3. The topological polar surface area (TPSA) is 51.0 Å². The third-order valence-electron chi connectivity index (χ3n) is 1.85. The summed E-state index contributed by atoms with van der Waals surface area (Å²) in [5.41, 5.74) is 0.435. The van der Waals surface area contributed by atoms with Gasteiger partial charge in [0, 0.05) is 13.6 Å². The molecule has 0 saturated heterocycles. The van der Waals surface area contributed by atoms with Crippen molar-refractivity contribution in [1.29, 1.82) is 0 Å². The maximum absolute atomic E-state index is 10.4. The molecule has 0 N–H and O–H groups in total. The van der Waals surface area contributed by atoms with Gasteiger partial charge in [-0.05, 0) is 0 Å². The number of rotatable bonds is 1. The van der Waals surface area contributed by atoms with Gasteiger partial charge in [0.15, 0.2) is 17.8 Å². The van der Waals surface area contributed by atoms with Crippen LogP contribution in [0.4, 0.5) is 5.82 Å². The van der Waals surface area contributed by atoms with Crippen molar-refractivity contribution < 1.29 is 4.79 Å². The van der Waals surface area contributed by atoms with E-state index in [4.69, 9.17) is 0 Å². The van der Waals surface area contributed by atoms with Crippen molar-refractivity contribution in [2.45, 2.75) is 6.54 Å². The molecule has 0 radical (unpaired) electrons. The minimum absolute atomic E-state index is 0.435. The van der Waals surface area contributed by atoms with E-state index in [0.29, 0.717) is 5.69 Å². The summed E-state index contributed by atoms with van der Waals surface area (Å²) in [7, 11) is 1.93. The normalized spacial score (nSPS) is 15.2. The zero-order valence-corrected chi connectivity index (χ0v) is 6.19. The van der Waals surface area contributed by atoms with E-state index in [0.717, 1.165) is 25.2 Å². The van der Waals surface area contributed by atoms with Crippen LogP contribution in [0.15, 0.2) is 0 Å². The van der Waals surface area contributed by atoms with Crippen molar-refractivity contribution in [3.63, 3.8) is 0 Å². The number of carbonyl (C=O) groups is 1. The fraction of sp³-hybridized carbons (Fsp3) is 0.500. The smallest absolute Gasteiger partial charge is 0.174 e. The van der Waals surface area contributed by atoms with Crippen molar-refractivity contribution in [3.05, 3.63) is 5.69 Å². The lowest BCUT2D eigenvalue weighted by Crippen LogP contribution is -2.14. The zero-order chi connectivity index (χ0) is 7.84. The molecule has 0 fully saturated rings. The lowest BCUT2D eigenvalue weighted by molar-refractivity contribution is 0.111. The van der Waals surface area contributed by atoms with Gasteiger partial charge in [0.1, 0.15) is 0 Å². The molecule has 0 bridgehead atoms. The third-order valence-corrected chi connectivity index (χ3v) is 1.85. The van der Waals surface area contributed by atoms with Gasteiger partial charge in [-0.1, -0.05) is 5.21 Å². The van der Waals surface area contributed by atoms with Crippen LogP contribution in [0, 0.1) is 0 Å². The van der Waals surface area contributed by atoms with Crippen molar-refractivity contribution in [3.8, 4) is 0 Å². The predicted molar refractivity (Wildman–Crippen MR) is 38.7 cm³/mol. The van der Waals surface area contributed by atoms with Crippen LogP contribution in [0.2, 0.25) is 0 Å². The molecule has 5 nitrogen and oxygen atoms in total. The summed E-state index contributed by atoms with van der Waals surface area (Å²) in [5.74, 6) is 0.833. The van der Waals surface area contributed by atoms with E-state index in [2.05, 4.69) is 10.3 Å². The highest BCUT2D eigenvalue weighted by molar-refractivity contribution is 5.80. The van der Waals surface area contributed by atoms with Crippen LogP contribution in [0.1, 0.15) is 10.5 Å². The SMILES string of the molecule is CN1CCn2nnc(C=O)c21. The summed E-state index contributed by atoms with van der Waals surface area (Å²) in [6.07, 6.45) is 0.737. The van der Waals surface area contributed by atoms with Crippen LogP contribution in [0.25, 0.3) is 0 Å². The van der Waals surface area contributed by atoms with E-state index in [1.54, 1.807) is 4.68 Å². The van der Waals surface area contributed by atoms with Crippen molar-refractivity contribution in [1.82, 2.24) is 15.0 Å². The number of aromatic nitrogens is 3. The van der Waals surface area contributed by atoms with Gasteiger partial charge in [-0.3, -0.25) is 4.79 Å². The Morgan fingerprint density at radius 2 is 2.36 bits per heavy atom. The zero-order valence-electron chi connectivity index (χ0n) is 6.19. The summed E-state index contributed by atoms with van der Waals surface area (Å²) < 4.78 is 1.74. The molecule has 0 amide bonds. The monoisotopic (exact) mass is 152 g/mol. The van der Waals surface area contributed by atoms with Gasteiger partial charge in [-0.25, -0.2) is 4.68 Å². The molecule has 2 rings (SSSR count). The Bertz CT molecular complexity index is 293. The maximum atomic E-state index is 10.4. The molecule has 0 aromatic carbocycles. The Balaban J connectivity index is 2.54. The summed E-state index contributed by atoms with van der Waals surface area (Å²) in [6.45, 7) is 1.73. The lowest BCUT2D eigenvalue weighted by Gasteiger charge is -2.06. The summed E-state index contributed by atoms with van der Waals surface area (Å²) >= 11 is 0. The average Bonchev–Trinajstić information content (AvgIpc) is 2.54. The number of nitrogens with zero attached hydrogens (tertiary/aromatic N) is 4. The summed E-state index contributed by atoms with van der Waals surface area (Å²) in [5, 5.41) is 7.52. The van der Waals surface area contributed by atoms with E-state index in [9.17, 15) is 4.79 Å². The second-order valence-corrected chi connectivity index (χ2v) is 2.56. The molecular weight excluding hydrogens is 144 g/mol. The molecule has 0 aliphatic carbocycles. The first-order valence-corrected chi connectivity index (χ1v) is 3.42. The lowest BCUT2D eigenvalue weighted by atomic mass is 10.4. The molecular formula is C6H8N4O. The van der Waals surface area contributed by atoms with Gasteiger partial charge in [0.2, 0.25) is 0 Å². The highest BCUT2D eigenvalue weighted by Crippen LogP contribution is 2.19. The number of aldehydes is 1. The molecule has 1 aromatic rings. The van der Waals surface area contributed by atoms with Gasteiger partial charge >= 0.3 is 0 Å². The molecule has 0 saturated carbocycles. The Labute approximate surface area is 63.6 Å². The van der Waals surface area contributed by atoms with E-state index in [1.807, 2.05) is 11.9 Å². The molecule has 0 unspecified atom stereocenters. The maximum Gasteiger partial charge on any atom is 0.174 e. The Hall–Kier alpha value is -1.39. The molecule has 58 valence electrons. The first-order chi connectivity index (χ1) is 5.33. The third kappa shape index (κ3) is 0.736. The fourth-order valence-corrected chi connectivity index (χ4v) is 1.29. The second kappa shape index (κ2) is 2.05. The van der Waals surface area contributed by atoms with E-state index in [1.165, 1.54) is 0 Å². The Kier molecular flexibility index (Phi) is 1.18. The molecule has 2 heterocycles. The largest absolute Gasteiger partial charge is 0.356 e. The number of likely N-dealkylation sites (N-methyl/N-ethyl adjacent to an activating group) is 1. The first-order valence-electron chi connectivity index (χ1n) is 3.42. The van der Waals surface area contributed by atoms with E-state index >= 15 is 0 Å². The Morgan fingerprint density at radius 1 is 1.55 bits per heavy atom. The van der Waals surface area contributed by atoms with Gasteiger partial charge in [0.05, 0.1) is 6.54 Å². The quantitative estimate of drug-likeness (QED) is 0.511. The fourth-order valence-electron chi connectivity index (χ4n) is 1.29. The number of hydrogen-bond donors (Lipinski definition) is 0. The molecule has 0 atom stereocenters. The van der Waals surface area contributed by atoms with Crippen LogP contribution in [0.5, 0.6) is 0 Å². The summed E-state index contributed by atoms with van der Waals surface area (Å²) in [4.78, 5) is 12.4. The second-order valence-electron chi connectivity index (χ2n) is 2.56. The van der Waals surface area contributed by atoms with Crippen LogP contribution in [-0.2, 0) is 6.54 Å². The van der Waals surface area contributed by atoms with Gasteiger partial charge in [-0.2, -0.15) is 0 Å². The number of fused-ring (bicyclic) bond motifs is 1. The number of carbonyl (C=O) groups excluding carboxylic acids is 1. The first kappa shape index (κ1) is 6.33. The summed E-state index contributed by atoms with van der Waals surface area (Å²) in [6, 6.07) is 0. The predicted octanol–water partition coefficient (Wildman–Crippen LogP) is -0.460. The van der Waals surface area contributed by atoms with Crippen molar-refractivity contribution >= 4 is 12.1 Å². The number of anilines is 1. The van der Waals surface area contributed by atoms with Gasteiger partial charge < -0.3 is 4.90 Å². The van der Waals surface area contributed by atoms with E-state index < -0.39 is 0 Å². The van der Waals surface area contributed by atoms with Crippen LogP contribution < -0.4 is 4.90 Å². The van der Waals surface area contributed by atoms with Gasteiger partial charge in [-0.15, -0.1) is 5.10 Å². The highest BCUT2D eigenvalue weighted by Gasteiger charge is 2.21. The average molecular weight is 152 g/mol. The highest BCUT2D eigenvalue weighted by atomic mass is 16.1. The van der Waals surface area contributed by atoms with Crippen molar-refractivity contribution in [2.75, 3.05) is 18.5 Å². The molecule has 5 heteroatoms. The van der Waals surface area contributed by atoms with Gasteiger partial charge in [0.25, 0.3) is 0 Å². The van der Waals surface area contributed by atoms with Crippen LogP contribution in [0.3, 0.4) is 0 Å². The molecule has 1 aliphatic heterocycles. The van der Waals surface area contributed by atoms with E-state index in [-0.39, 0.29) is 0 Å². The number of hydrogen-bond acceptors (Lipinski definition) is 4. The molecule has 1 aromatic heterocycles. The molecule has 1 aliphatic rings. The minimum atomic E-state index is 0.435.